The zero-order chi connectivity index (χ0) is 21.7. The van der Waals surface area contributed by atoms with E-state index in [-0.39, 0.29) is 6.61 Å². The van der Waals surface area contributed by atoms with Gasteiger partial charge < -0.3 is 14.8 Å². The number of ether oxygens (including phenoxy) is 2. The van der Waals surface area contributed by atoms with Crippen LogP contribution in [0.5, 0.6) is 11.5 Å². The van der Waals surface area contributed by atoms with Crippen LogP contribution in [0.4, 0.5) is 5.69 Å². The van der Waals surface area contributed by atoms with Crippen LogP contribution in [0.3, 0.4) is 0 Å². The zero-order valence-corrected chi connectivity index (χ0v) is 19.5. The van der Waals surface area contributed by atoms with Gasteiger partial charge in [0.2, 0.25) is 0 Å². The van der Waals surface area contributed by atoms with Crippen molar-refractivity contribution in [2.24, 2.45) is 0 Å². The molecule has 0 aliphatic rings. The molecular weight excluding hydrogens is 441 g/mol. The zero-order valence-electron chi connectivity index (χ0n) is 17.2. The van der Waals surface area contributed by atoms with Crippen molar-refractivity contribution in [1.82, 2.24) is 0 Å². The molecule has 0 bridgehead atoms. The molecule has 158 valence electrons. The monoisotopic (exact) mass is 463 g/mol. The van der Waals surface area contributed by atoms with Gasteiger partial charge in [0, 0.05) is 27.8 Å². The Morgan fingerprint density at radius 3 is 2.43 bits per heavy atom. The minimum atomic E-state index is 0.260. The second kappa shape index (κ2) is 10.3. The number of aryl methyl sites for hydroxylation is 1. The molecule has 0 saturated heterocycles. The SMILES string of the molecule is CCOc1cc(CNc2cccc(C)c2C)cc(Cl)c1OCc1ccc(Cl)cc1Cl. The number of rotatable bonds is 8. The van der Waals surface area contributed by atoms with Gasteiger partial charge >= 0.3 is 0 Å². The lowest BCUT2D eigenvalue weighted by Crippen LogP contribution is -2.05. The lowest BCUT2D eigenvalue weighted by atomic mass is 10.1. The third-order valence-electron chi connectivity index (χ3n) is 4.84. The van der Waals surface area contributed by atoms with Gasteiger partial charge in [-0.1, -0.05) is 53.0 Å². The van der Waals surface area contributed by atoms with Gasteiger partial charge in [-0.05, 0) is 67.8 Å². The third-order valence-corrected chi connectivity index (χ3v) is 5.71. The highest BCUT2D eigenvalue weighted by atomic mass is 35.5. The minimum Gasteiger partial charge on any atom is -0.490 e. The van der Waals surface area contributed by atoms with Gasteiger partial charge in [-0.3, -0.25) is 0 Å². The smallest absolute Gasteiger partial charge is 0.180 e. The van der Waals surface area contributed by atoms with Crippen molar-refractivity contribution >= 4 is 40.5 Å². The molecule has 0 aromatic heterocycles. The van der Waals surface area contributed by atoms with Crippen molar-refractivity contribution in [1.29, 1.82) is 0 Å². The molecule has 0 aliphatic carbocycles. The van der Waals surface area contributed by atoms with E-state index in [2.05, 4.69) is 31.3 Å². The van der Waals surface area contributed by atoms with Crippen LogP contribution in [0.25, 0.3) is 0 Å². The van der Waals surface area contributed by atoms with Crippen LogP contribution in [0.15, 0.2) is 48.5 Å². The molecule has 0 fully saturated rings. The molecule has 6 heteroatoms. The van der Waals surface area contributed by atoms with E-state index in [1.54, 1.807) is 12.1 Å². The molecule has 3 aromatic rings. The summed E-state index contributed by atoms with van der Waals surface area (Å²) < 4.78 is 11.8. The quantitative estimate of drug-likeness (QED) is 0.368. The number of halogens is 3. The first-order chi connectivity index (χ1) is 14.4. The van der Waals surface area contributed by atoms with Crippen molar-refractivity contribution in [2.75, 3.05) is 11.9 Å². The van der Waals surface area contributed by atoms with E-state index in [1.165, 1.54) is 11.1 Å². The normalized spacial score (nSPS) is 10.7. The maximum absolute atomic E-state index is 6.55. The van der Waals surface area contributed by atoms with Crippen LogP contribution >= 0.6 is 34.8 Å². The first-order valence-electron chi connectivity index (χ1n) is 9.71. The lowest BCUT2D eigenvalue weighted by Gasteiger charge is -2.17. The predicted octanol–water partition coefficient (Wildman–Crippen LogP) is 7.85. The molecule has 0 saturated carbocycles. The molecule has 0 amide bonds. The molecule has 30 heavy (non-hydrogen) atoms. The summed E-state index contributed by atoms with van der Waals surface area (Å²) in [5.41, 5.74) is 5.40. The van der Waals surface area contributed by atoms with E-state index in [1.807, 2.05) is 31.2 Å². The summed E-state index contributed by atoms with van der Waals surface area (Å²) in [7, 11) is 0. The molecule has 0 radical (unpaired) electrons. The highest BCUT2D eigenvalue weighted by Gasteiger charge is 2.14. The maximum atomic E-state index is 6.55. The van der Waals surface area contributed by atoms with Crippen molar-refractivity contribution in [2.45, 2.75) is 33.9 Å². The average molecular weight is 465 g/mol. The highest BCUT2D eigenvalue weighted by molar-refractivity contribution is 6.35. The topological polar surface area (TPSA) is 30.5 Å². The Labute approximate surface area is 192 Å². The molecule has 0 heterocycles. The van der Waals surface area contributed by atoms with Crippen LogP contribution in [0.1, 0.15) is 29.2 Å². The Hall–Kier alpha value is -2.07. The summed E-state index contributed by atoms with van der Waals surface area (Å²) in [4.78, 5) is 0. The lowest BCUT2D eigenvalue weighted by molar-refractivity contribution is 0.269. The predicted molar refractivity (Wildman–Crippen MR) is 127 cm³/mol. The fourth-order valence-electron chi connectivity index (χ4n) is 3.06. The van der Waals surface area contributed by atoms with E-state index in [4.69, 9.17) is 44.3 Å². The Morgan fingerprint density at radius 2 is 1.70 bits per heavy atom. The fourth-order valence-corrected chi connectivity index (χ4v) is 3.81. The summed E-state index contributed by atoms with van der Waals surface area (Å²) in [6.07, 6.45) is 0. The van der Waals surface area contributed by atoms with Gasteiger partial charge in [-0.2, -0.15) is 0 Å². The second-order valence-electron chi connectivity index (χ2n) is 6.96. The molecule has 0 aliphatic heterocycles. The molecular formula is C24H24Cl3NO2. The Balaban J connectivity index is 1.78. The first kappa shape index (κ1) is 22.6. The number of nitrogens with one attached hydrogen (secondary N) is 1. The van der Waals surface area contributed by atoms with Crippen molar-refractivity contribution < 1.29 is 9.47 Å². The molecule has 0 unspecified atom stereocenters. The third kappa shape index (κ3) is 5.54. The van der Waals surface area contributed by atoms with Crippen LogP contribution in [0.2, 0.25) is 15.1 Å². The van der Waals surface area contributed by atoms with E-state index in [0.29, 0.717) is 39.7 Å². The Morgan fingerprint density at radius 1 is 0.900 bits per heavy atom. The summed E-state index contributed by atoms with van der Waals surface area (Å²) in [5.74, 6) is 1.10. The van der Waals surface area contributed by atoms with Gasteiger partial charge in [-0.15, -0.1) is 0 Å². The molecule has 0 spiro atoms. The van der Waals surface area contributed by atoms with Gasteiger partial charge in [0.25, 0.3) is 0 Å². The maximum Gasteiger partial charge on any atom is 0.180 e. The number of hydrogen-bond donors (Lipinski definition) is 1. The summed E-state index contributed by atoms with van der Waals surface area (Å²) in [5, 5.41) is 5.09. The van der Waals surface area contributed by atoms with Crippen LogP contribution in [-0.2, 0) is 13.2 Å². The minimum absolute atomic E-state index is 0.260. The van der Waals surface area contributed by atoms with Crippen LogP contribution in [-0.4, -0.2) is 6.61 Å². The van der Waals surface area contributed by atoms with Crippen LogP contribution in [0, 0.1) is 13.8 Å². The fraction of sp³-hybridized carbons (Fsp3) is 0.250. The number of anilines is 1. The molecule has 3 rings (SSSR count). The highest BCUT2D eigenvalue weighted by Crippen LogP contribution is 2.38. The van der Waals surface area contributed by atoms with Crippen LogP contribution < -0.4 is 14.8 Å². The molecule has 0 atom stereocenters. The first-order valence-corrected chi connectivity index (χ1v) is 10.8. The van der Waals surface area contributed by atoms with Gasteiger partial charge in [0.1, 0.15) is 6.61 Å². The van der Waals surface area contributed by atoms with Crippen molar-refractivity contribution in [3.63, 3.8) is 0 Å². The number of benzene rings is 3. The molecule has 3 nitrogen and oxygen atoms in total. The van der Waals surface area contributed by atoms with Gasteiger partial charge in [-0.25, -0.2) is 0 Å². The molecule has 3 aromatic carbocycles. The van der Waals surface area contributed by atoms with Crippen molar-refractivity contribution in [3.8, 4) is 11.5 Å². The van der Waals surface area contributed by atoms with E-state index >= 15 is 0 Å². The largest absolute Gasteiger partial charge is 0.490 e. The average Bonchev–Trinajstić information content (AvgIpc) is 2.70. The number of hydrogen-bond acceptors (Lipinski definition) is 3. The van der Waals surface area contributed by atoms with Gasteiger partial charge in [0.15, 0.2) is 11.5 Å². The van der Waals surface area contributed by atoms with E-state index < -0.39 is 0 Å². The van der Waals surface area contributed by atoms with Gasteiger partial charge in [0.05, 0.1) is 11.6 Å². The van der Waals surface area contributed by atoms with Crippen molar-refractivity contribution in [3.05, 3.63) is 85.9 Å². The standard InChI is InChI=1S/C24H24Cl3NO2/c1-4-29-23-11-17(13-28-22-7-5-6-15(2)16(22)3)10-21(27)24(23)30-14-18-8-9-19(25)12-20(18)26/h5-12,28H,4,13-14H2,1-3H3. The summed E-state index contributed by atoms with van der Waals surface area (Å²) in [6.45, 7) is 7.51. The Kier molecular flexibility index (Phi) is 7.76. The second-order valence-corrected chi connectivity index (χ2v) is 8.21. The Bertz CT molecular complexity index is 1040. The van der Waals surface area contributed by atoms with E-state index in [0.717, 1.165) is 16.8 Å². The molecule has 1 N–H and O–H groups in total. The summed E-state index contributed by atoms with van der Waals surface area (Å²) >= 11 is 18.8. The van der Waals surface area contributed by atoms with E-state index in [9.17, 15) is 0 Å². The summed E-state index contributed by atoms with van der Waals surface area (Å²) in [6, 6.07) is 15.4.